The molecule has 3 atom stereocenters. The van der Waals surface area contributed by atoms with Crippen molar-refractivity contribution >= 4 is 17.7 Å². The van der Waals surface area contributed by atoms with E-state index in [1.54, 1.807) is 82.5 Å². The number of nitrogens with one attached hydrogen (secondary N) is 2. The maximum absolute atomic E-state index is 12.7. The van der Waals surface area contributed by atoms with E-state index < -0.39 is 35.7 Å². The molecule has 0 aliphatic carbocycles. The number of nitrogens with zero attached hydrogens (tertiary/aromatic N) is 2. The van der Waals surface area contributed by atoms with E-state index in [0.717, 1.165) is 16.7 Å². The number of hydrogen-bond donors (Lipinski definition) is 5. The smallest absolute Gasteiger partial charge is 0.278 e. The van der Waals surface area contributed by atoms with Crippen LogP contribution in [0.25, 0.3) is 0 Å². The standard InChI is InChI=1S/C34H48N4O8/c1-26(18-14-11-12-15-19-28-22-35-25-46-28)30(41)33(3,4)31(42)36-21-17-13-9-7-8-10-16-20-29(40)37-34(44,24-39)32(43)38(5)23-27(2)45-6/h7-18,20,22,25,27,30,39,41,44H,19,21,23-24H2,1-6H3,(H,36,42)(H,37,40)/b9-7+,10-8+,14-11-,15-12+,17-13-,20-16+,26-18-. The number of allylic oxidation sites excluding steroid dienone is 11. The van der Waals surface area contributed by atoms with Crippen LogP contribution in [0.4, 0.5) is 0 Å². The lowest BCUT2D eigenvalue weighted by Crippen LogP contribution is -2.61. The van der Waals surface area contributed by atoms with Crippen LogP contribution in [0.1, 0.15) is 33.5 Å². The molecule has 1 rings (SSSR count). The monoisotopic (exact) mass is 640 g/mol. The van der Waals surface area contributed by atoms with Gasteiger partial charge in [0, 0.05) is 39.7 Å². The first-order valence-electron chi connectivity index (χ1n) is 14.7. The first-order chi connectivity index (χ1) is 21.8. The Morgan fingerprint density at radius 1 is 1.07 bits per heavy atom. The maximum atomic E-state index is 12.7. The minimum atomic E-state index is -2.47. The molecule has 0 saturated carbocycles. The van der Waals surface area contributed by atoms with E-state index in [9.17, 15) is 29.7 Å². The van der Waals surface area contributed by atoms with Crippen molar-refractivity contribution in [2.75, 3.05) is 33.9 Å². The van der Waals surface area contributed by atoms with Gasteiger partial charge >= 0.3 is 0 Å². The molecule has 0 radical (unpaired) electrons. The van der Waals surface area contributed by atoms with Gasteiger partial charge in [0.25, 0.3) is 5.91 Å². The van der Waals surface area contributed by atoms with Gasteiger partial charge in [-0.25, -0.2) is 4.98 Å². The second-order valence-corrected chi connectivity index (χ2v) is 11.0. The van der Waals surface area contributed by atoms with Crippen LogP contribution in [0.15, 0.2) is 102 Å². The van der Waals surface area contributed by atoms with Gasteiger partial charge < -0.3 is 40.0 Å². The summed E-state index contributed by atoms with van der Waals surface area (Å²) < 4.78 is 10.2. The summed E-state index contributed by atoms with van der Waals surface area (Å²) in [5, 5.41) is 35.6. The van der Waals surface area contributed by atoms with Crippen LogP contribution in [-0.2, 0) is 25.5 Å². The van der Waals surface area contributed by atoms with Crippen molar-refractivity contribution < 1.29 is 38.9 Å². The Bertz CT molecular complexity index is 1310. The van der Waals surface area contributed by atoms with Crippen LogP contribution in [0.5, 0.6) is 0 Å². The Labute approximate surface area is 271 Å². The van der Waals surface area contributed by atoms with E-state index in [0.29, 0.717) is 12.0 Å². The van der Waals surface area contributed by atoms with Gasteiger partial charge in [0.1, 0.15) is 12.4 Å². The molecule has 46 heavy (non-hydrogen) atoms. The largest absolute Gasteiger partial charge is 0.448 e. The average Bonchev–Trinajstić information content (AvgIpc) is 3.55. The molecule has 0 bridgehead atoms. The van der Waals surface area contributed by atoms with Gasteiger partial charge in [-0.15, -0.1) is 0 Å². The van der Waals surface area contributed by atoms with Gasteiger partial charge in [-0.2, -0.15) is 0 Å². The van der Waals surface area contributed by atoms with E-state index in [1.807, 2.05) is 18.2 Å². The van der Waals surface area contributed by atoms with E-state index in [1.165, 1.54) is 26.6 Å². The number of amides is 3. The number of aromatic nitrogens is 1. The molecule has 0 fully saturated rings. The van der Waals surface area contributed by atoms with Crippen molar-refractivity contribution in [1.29, 1.82) is 0 Å². The van der Waals surface area contributed by atoms with Crippen molar-refractivity contribution in [3.8, 4) is 0 Å². The summed E-state index contributed by atoms with van der Waals surface area (Å²) in [5.41, 5.74) is -2.87. The minimum absolute atomic E-state index is 0.155. The molecular formula is C34H48N4O8. The first-order valence-corrected chi connectivity index (χ1v) is 14.7. The number of oxazole rings is 1. The van der Waals surface area contributed by atoms with Crippen LogP contribution >= 0.6 is 0 Å². The molecule has 3 unspecified atom stereocenters. The van der Waals surface area contributed by atoms with Crippen molar-refractivity contribution in [3.63, 3.8) is 0 Å². The summed E-state index contributed by atoms with van der Waals surface area (Å²) in [7, 11) is 2.90. The third kappa shape index (κ3) is 14.2. The molecule has 5 N–H and O–H groups in total. The number of carbonyl (C=O) groups is 3. The highest BCUT2D eigenvalue weighted by Crippen LogP contribution is 2.26. The summed E-state index contributed by atoms with van der Waals surface area (Å²) >= 11 is 0. The molecule has 0 saturated heterocycles. The maximum Gasteiger partial charge on any atom is 0.278 e. The quantitative estimate of drug-likeness (QED) is 0.0864. The molecule has 252 valence electrons. The number of aliphatic hydroxyl groups is 3. The molecule has 1 aromatic heterocycles. The summed E-state index contributed by atoms with van der Waals surface area (Å²) in [6.07, 6.45) is 24.1. The number of rotatable bonds is 19. The second-order valence-electron chi connectivity index (χ2n) is 11.0. The Balaban J connectivity index is 2.48. The molecule has 0 aromatic carbocycles. The summed E-state index contributed by atoms with van der Waals surface area (Å²) in [6.45, 7) is 6.27. The molecular weight excluding hydrogens is 592 g/mol. The third-order valence-corrected chi connectivity index (χ3v) is 6.73. The van der Waals surface area contributed by atoms with Crippen LogP contribution in [0, 0.1) is 5.41 Å². The zero-order chi connectivity index (χ0) is 34.6. The van der Waals surface area contributed by atoms with Gasteiger partial charge in [-0.05, 0) is 33.3 Å². The van der Waals surface area contributed by atoms with Gasteiger partial charge in [-0.3, -0.25) is 14.4 Å². The number of methoxy groups -OCH3 is 1. The molecule has 1 heterocycles. The number of aliphatic hydroxyl groups excluding tert-OH is 2. The highest BCUT2D eigenvalue weighted by molar-refractivity contribution is 5.94. The predicted molar refractivity (Wildman–Crippen MR) is 176 cm³/mol. The average molecular weight is 641 g/mol. The van der Waals surface area contributed by atoms with Gasteiger partial charge in [-0.1, -0.05) is 72.9 Å². The zero-order valence-corrected chi connectivity index (χ0v) is 27.4. The molecule has 12 nitrogen and oxygen atoms in total. The number of ether oxygens (including phenoxy) is 1. The third-order valence-electron chi connectivity index (χ3n) is 6.73. The molecule has 0 aliphatic heterocycles. The second kappa shape index (κ2) is 20.6. The highest BCUT2D eigenvalue weighted by atomic mass is 16.5. The molecule has 0 spiro atoms. The first kappa shape index (κ1) is 39.7. The highest BCUT2D eigenvalue weighted by Gasteiger charge is 2.39. The number of likely N-dealkylation sites (N-methyl/N-ethyl adjacent to an activating group) is 1. The summed E-state index contributed by atoms with van der Waals surface area (Å²) in [5.74, 6) is -1.18. The van der Waals surface area contributed by atoms with Crippen LogP contribution in [0.2, 0.25) is 0 Å². The normalized spacial score (nSPS) is 15.8. The fraction of sp³-hybridized carbons (Fsp3) is 0.412. The molecule has 0 aliphatic rings. The lowest BCUT2D eigenvalue weighted by atomic mass is 9.81. The van der Waals surface area contributed by atoms with Crippen LogP contribution < -0.4 is 10.6 Å². The Kier molecular flexibility index (Phi) is 17.8. The van der Waals surface area contributed by atoms with Crippen molar-refractivity contribution in [1.82, 2.24) is 20.5 Å². The van der Waals surface area contributed by atoms with Gasteiger partial charge in [0.05, 0.1) is 23.8 Å². The zero-order valence-electron chi connectivity index (χ0n) is 27.4. The van der Waals surface area contributed by atoms with Crippen LogP contribution in [0.3, 0.4) is 0 Å². The predicted octanol–water partition coefficient (Wildman–Crippen LogP) is 2.29. The fourth-order valence-electron chi connectivity index (χ4n) is 3.85. The van der Waals surface area contributed by atoms with E-state index in [-0.39, 0.29) is 25.1 Å². The van der Waals surface area contributed by atoms with Gasteiger partial charge in [0.15, 0.2) is 6.39 Å². The number of hydrogen-bond acceptors (Lipinski definition) is 9. The Morgan fingerprint density at radius 2 is 1.70 bits per heavy atom. The Hall–Kier alpha value is -4.36. The van der Waals surface area contributed by atoms with E-state index in [4.69, 9.17) is 9.15 Å². The number of carbonyl (C=O) groups excluding carboxylic acids is 3. The van der Waals surface area contributed by atoms with Crippen molar-refractivity contribution in [3.05, 3.63) is 103 Å². The van der Waals surface area contributed by atoms with Crippen LogP contribution in [-0.4, -0.2) is 94.7 Å². The molecule has 1 aromatic rings. The molecule has 12 heteroatoms. The minimum Gasteiger partial charge on any atom is -0.448 e. The van der Waals surface area contributed by atoms with E-state index in [2.05, 4.69) is 15.6 Å². The SMILES string of the molecule is COC(C)CN(C)C(=O)C(O)(CO)NC(=O)/C=C/C=C/C=C/C=C\CNC(=O)C(C)(C)C(O)\C(C)=C/C=C\C=C\Cc1cnco1. The summed E-state index contributed by atoms with van der Waals surface area (Å²) in [4.78, 5) is 42.4. The van der Waals surface area contributed by atoms with Crippen molar-refractivity contribution in [2.45, 2.75) is 52.0 Å². The topological polar surface area (TPSA) is 174 Å². The fourth-order valence-corrected chi connectivity index (χ4v) is 3.85. The lowest BCUT2D eigenvalue weighted by molar-refractivity contribution is -0.163. The van der Waals surface area contributed by atoms with Gasteiger partial charge in [0.2, 0.25) is 17.5 Å². The van der Waals surface area contributed by atoms with Crippen molar-refractivity contribution in [2.24, 2.45) is 5.41 Å². The van der Waals surface area contributed by atoms with E-state index >= 15 is 0 Å². The summed E-state index contributed by atoms with van der Waals surface area (Å²) in [6, 6.07) is 0. The Morgan fingerprint density at radius 3 is 2.33 bits per heavy atom. The molecule has 3 amide bonds. The lowest BCUT2D eigenvalue weighted by Gasteiger charge is -2.31.